The van der Waals surface area contributed by atoms with Crippen molar-refractivity contribution in [2.75, 3.05) is 0 Å². The van der Waals surface area contributed by atoms with Crippen molar-refractivity contribution in [2.24, 2.45) is 0 Å². The third-order valence-electron chi connectivity index (χ3n) is 3.99. The Morgan fingerprint density at radius 2 is 1.72 bits per heavy atom. The summed E-state index contributed by atoms with van der Waals surface area (Å²) in [5, 5.41) is 14.2. The first-order chi connectivity index (χ1) is 12.1. The molecular formula is C19H12ClN3O2. The van der Waals surface area contributed by atoms with Gasteiger partial charge in [-0.1, -0.05) is 48.0 Å². The minimum atomic E-state index is -1.05. The molecule has 0 aliphatic heterocycles. The largest absolute Gasteiger partial charge is 0.477 e. The van der Waals surface area contributed by atoms with Crippen molar-refractivity contribution in [1.82, 2.24) is 14.6 Å². The van der Waals surface area contributed by atoms with Crippen LogP contribution in [0.2, 0.25) is 5.02 Å². The molecule has 25 heavy (non-hydrogen) atoms. The van der Waals surface area contributed by atoms with Crippen LogP contribution in [0.3, 0.4) is 0 Å². The number of benzene rings is 2. The summed E-state index contributed by atoms with van der Waals surface area (Å²) in [6, 6.07) is 17.3. The van der Waals surface area contributed by atoms with Crippen molar-refractivity contribution in [3.05, 3.63) is 77.6 Å². The number of carboxylic acid groups (broad SMARTS) is 1. The van der Waals surface area contributed by atoms with E-state index in [9.17, 15) is 9.90 Å². The fourth-order valence-corrected chi connectivity index (χ4v) is 2.96. The lowest BCUT2D eigenvalue weighted by Gasteiger charge is -2.11. The summed E-state index contributed by atoms with van der Waals surface area (Å²) in [5.41, 5.74) is 4.09. The Morgan fingerprint density at radius 1 is 1.00 bits per heavy atom. The van der Waals surface area contributed by atoms with E-state index in [0.717, 1.165) is 22.4 Å². The Balaban J connectivity index is 1.96. The van der Waals surface area contributed by atoms with Crippen LogP contribution < -0.4 is 0 Å². The first-order valence-corrected chi connectivity index (χ1v) is 7.94. The predicted octanol–water partition coefficient (Wildman–Crippen LogP) is 4.41. The predicted molar refractivity (Wildman–Crippen MR) is 95.8 cm³/mol. The number of halogens is 1. The van der Waals surface area contributed by atoms with E-state index >= 15 is 0 Å². The molecule has 2 heterocycles. The number of rotatable bonds is 3. The molecule has 0 bridgehead atoms. The third-order valence-corrected chi connectivity index (χ3v) is 4.24. The number of hydrogen-bond acceptors (Lipinski definition) is 3. The second-order valence-electron chi connectivity index (χ2n) is 5.48. The van der Waals surface area contributed by atoms with Gasteiger partial charge >= 0.3 is 5.97 Å². The van der Waals surface area contributed by atoms with Gasteiger partial charge in [-0.25, -0.2) is 14.3 Å². The van der Waals surface area contributed by atoms with Crippen molar-refractivity contribution in [2.45, 2.75) is 0 Å². The highest BCUT2D eigenvalue weighted by Crippen LogP contribution is 2.32. The number of aromatic carboxylic acids is 1. The highest BCUT2D eigenvalue weighted by atomic mass is 35.5. The maximum atomic E-state index is 11.3. The molecule has 0 radical (unpaired) electrons. The van der Waals surface area contributed by atoms with Crippen LogP contribution in [0.25, 0.3) is 28.0 Å². The average molecular weight is 350 g/mol. The Hall–Kier alpha value is -3.18. The number of aromatic nitrogens is 3. The van der Waals surface area contributed by atoms with Gasteiger partial charge in [-0.2, -0.15) is 5.10 Å². The normalized spacial score (nSPS) is 10.9. The molecule has 2 aromatic heterocycles. The Morgan fingerprint density at radius 3 is 2.44 bits per heavy atom. The van der Waals surface area contributed by atoms with Crippen LogP contribution in [0.4, 0.5) is 0 Å². The van der Waals surface area contributed by atoms with Crippen molar-refractivity contribution in [3.63, 3.8) is 0 Å². The molecule has 4 rings (SSSR count). The van der Waals surface area contributed by atoms with Crippen molar-refractivity contribution >= 4 is 23.2 Å². The van der Waals surface area contributed by atoms with E-state index in [1.807, 2.05) is 54.6 Å². The van der Waals surface area contributed by atoms with Crippen molar-refractivity contribution in [3.8, 4) is 22.4 Å². The zero-order chi connectivity index (χ0) is 17.4. The van der Waals surface area contributed by atoms with E-state index in [2.05, 4.69) is 10.1 Å². The van der Waals surface area contributed by atoms with Gasteiger partial charge in [0.1, 0.15) is 5.56 Å². The van der Waals surface area contributed by atoms with Crippen LogP contribution in [0, 0.1) is 0 Å². The summed E-state index contributed by atoms with van der Waals surface area (Å²) in [6.07, 6.45) is 2.91. The quantitative estimate of drug-likeness (QED) is 0.594. The molecule has 0 aliphatic rings. The number of hydrogen-bond donors (Lipinski definition) is 1. The molecular weight excluding hydrogens is 338 g/mol. The van der Waals surface area contributed by atoms with Crippen LogP contribution in [-0.2, 0) is 0 Å². The van der Waals surface area contributed by atoms with Crippen LogP contribution in [0.1, 0.15) is 10.4 Å². The summed E-state index contributed by atoms with van der Waals surface area (Å²) in [6.45, 7) is 0. The molecule has 0 amide bonds. The number of carboxylic acids is 1. The maximum Gasteiger partial charge on any atom is 0.341 e. The van der Waals surface area contributed by atoms with Gasteiger partial charge in [0.05, 0.1) is 11.9 Å². The standard InChI is InChI=1S/C19H12ClN3O2/c20-13-7-5-12(6-8-13)14-3-1-2-4-15(14)17-9-10-21-18-16(19(24)25)11-22-23(17)18/h1-11H,(H,24,25). The van der Waals surface area contributed by atoms with E-state index in [0.29, 0.717) is 10.7 Å². The molecule has 1 N–H and O–H groups in total. The summed E-state index contributed by atoms with van der Waals surface area (Å²) < 4.78 is 1.55. The molecule has 2 aromatic carbocycles. The topological polar surface area (TPSA) is 67.5 Å². The molecule has 0 unspecified atom stereocenters. The lowest BCUT2D eigenvalue weighted by atomic mass is 9.97. The smallest absolute Gasteiger partial charge is 0.341 e. The molecule has 0 saturated carbocycles. The molecule has 5 nitrogen and oxygen atoms in total. The van der Waals surface area contributed by atoms with E-state index in [4.69, 9.17) is 11.6 Å². The fourth-order valence-electron chi connectivity index (χ4n) is 2.83. The minimum absolute atomic E-state index is 0.0748. The zero-order valence-electron chi connectivity index (χ0n) is 12.9. The highest BCUT2D eigenvalue weighted by Gasteiger charge is 2.16. The molecule has 0 atom stereocenters. The highest BCUT2D eigenvalue weighted by molar-refractivity contribution is 6.30. The lowest BCUT2D eigenvalue weighted by molar-refractivity contribution is 0.0699. The van der Waals surface area contributed by atoms with Crippen molar-refractivity contribution < 1.29 is 9.90 Å². The van der Waals surface area contributed by atoms with E-state index in [1.54, 1.807) is 10.7 Å². The Labute approximate surface area is 148 Å². The molecule has 0 aliphatic carbocycles. The van der Waals surface area contributed by atoms with Gasteiger partial charge in [-0.05, 0) is 29.3 Å². The maximum absolute atomic E-state index is 11.3. The fraction of sp³-hybridized carbons (Fsp3) is 0. The second kappa shape index (κ2) is 6.03. The van der Waals surface area contributed by atoms with Crippen LogP contribution in [-0.4, -0.2) is 25.7 Å². The SMILES string of the molecule is O=C(O)c1cnn2c(-c3ccccc3-c3ccc(Cl)cc3)ccnc12. The summed E-state index contributed by atoms with van der Waals surface area (Å²) in [7, 11) is 0. The summed E-state index contributed by atoms with van der Waals surface area (Å²) >= 11 is 5.99. The van der Waals surface area contributed by atoms with Gasteiger partial charge in [0.2, 0.25) is 0 Å². The molecule has 0 fully saturated rings. The molecule has 0 saturated heterocycles. The number of carbonyl (C=O) groups is 1. The van der Waals surface area contributed by atoms with E-state index in [-0.39, 0.29) is 5.56 Å². The van der Waals surface area contributed by atoms with Crippen LogP contribution >= 0.6 is 11.6 Å². The monoisotopic (exact) mass is 349 g/mol. The van der Waals surface area contributed by atoms with Crippen molar-refractivity contribution in [1.29, 1.82) is 0 Å². The first kappa shape index (κ1) is 15.4. The van der Waals surface area contributed by atoms with Gasteiger partial charge < -0.3 is 5.11 Å². The van der Waals surface area contributed by atoms with Gasteiger partial charge in [-0.15, -0.1) is 0 Å². The zero-order valence-corrected chi connectivity index (χ0v) is 13.7. The molecule has 0 spiro atoms. The van der Waals surface area contributed by atoms with E-state index < -0.39 is 5.97 Å². The van der Waals surface area contributed by atoms with Crippen LogP contribution in [0.15, 0.2) is 67.0 Å². The second-order valence-corrected chi connectivity index (χ2v) is 5.92. The van der Waals surface area contributed by atoms with Gasteiger partial charge in [0.15, 0.2) is 5.65 Å². The summed E-state index contributed by atoms with van der Waals surface area (Å²) in [5.74, 6) is -1.05. The lowest BCUT2D eigenvalue weighted by Crippen LogP contribution is -2.00. The summed E-state index contributed by atoms with van der Waals surface area (Å²) in [4.78, 5) is 15.5. The van der Waals surface area contributed by atoms with Gasteiger partial charge in [-0.3, -0.25) is 0 Å². The van der Waals surface area contributed by atoms with Gasteiger partial charge in [0, 0.05) is 16.8 Å². The minimum Gasteiger partial charge on any atom is -0.477 e. The number of fused-ring (bicyclic) bond motifs is 1. The first-order valence-electron chi connectivity index (χ1n) is 7.56. The van der Waals surface area contributed by atoms with Gasteiger partial charge in [0.25, 0.3) is 0 Å². The Kier molecular flexibility index (Phi) is 3.71. The number of nitrogens with zero attached hydrogens (tertiary/aromatic N) is 3. The third kappa shape index (κ3) is 2.64. The van der Waals surface area contributed by atoms with Crippen LogP contribution in [0.5, 0.6) is 0 Å². The average Bonchev–Trinajstić information content (AvgIpc) is 3.07. The van der Waals surface area contributed by atoms with E-state index in [1.165, 1.54) is 6.20 Å². The molecule has 6 heteroatoms. The molecule has 122 valence electrons. The Bertz CT molecular complexity index is 1090. The molecule has 4 aromatic rings.